The van der Waals surface area contributed by atoms with E-state index in [9.17, 15) is 0 Å². The average Bonchev–Trinajstić information content (AvgIpc) is 2.78. The minimum absolute atomic E-state index is 0.605. The predicted molar refractivity (Wildman–Crippen MR) is 77.7 cm³/mol. The van der Waals surface area contributed by atoms with E-state index in [1.807, 2.05) is 13.0 Å². The number of likely N-dealkylation sites (N-methyl/N-ethyl adjacent to an activating group) is 1. The first-order valence-electron chi connectivity index (χ1n) is 7.04. The van der Waals surface area contributed by atoms with E-state index in [4.69, 9.17) is 4.42 Å². The van der Waals surface area contributed by atoms with Crippen LogP contribution in [0.2, 0.25) is 0 Å². The molecule has 1 atom stereocenters. The first kappa shape index (κ1) is 12.5. The molecule has 0 aliphatic carbocycles. The summed E-state index contributed by atoms with van der Waals surface area (Å²) in [6, 6.07) is 6.83. The van der Waals surface area contributed by atoms with Gasteiger partial charge in [-0.05, 0) is 37.6 Å². The first-order valence-corrected chi connectivity index (χ1v) is 7.04. The molecule has 1 fully saturated rings. The summed E-state index contributed by atoms with van der Waals surface area (Å²) in [4.78, 5) is 6.69. The Morgan fingerprint density at radius 1 is 1.42 bits per heavy atom. The highest BCUT2D eigenvalue weighted by Crippen LogP contribution is 2.22. The quantitative estimate of drug-likeness (QED) is 0.920. The van der Waals surface area contributed by atoms with Gasteiger partial charge in [-0.15, -0.1) is 0 Å². The Morgan fingerprint density at radius 3 is 3.11 bits per heavy atom. The zero-order valence-electron chi connectivity index (χ0n) is 11.6. The maximum absolute atomic E-state index is 5.51. The number of benzene rings is 1. The van der Waals surface area contributed by atoms with Crippen LogP contribution in [0.1, 0.15) is 25.2 Å². The van der Waals surface area contributed by atoms with Crippen molar-refractivity contribution in [3.8, 4) is 0 Å². The van der Waals surface area contributed by atoms with Crippen LogP contribution in [-0.4, -0.2) is 31.2 Å². The van der Waals surface area contributed by atoms with Crippen LogP contribution in [0.15, 0.2) is 22.6 Å². The van der Waals surface area contributed by atoms with E-state index >= 15 is 0 Å². The van der Waals surface area contributed by atoms with Crippen molar-refractivity contribution in [1.82, 2.24) is 10.3 Å². The van der Waals surface area contributed by atoms with Crippen molar-refractivity contribution in [3.05, 3.63) is 24.1 Å². The Labute approximate surface area is 113 Å². The molecule has 1 aliphatic rings. The lowest BCUT2D eigenvalue weighted by atomic mass is 10.0. The van der Waals surface area contributed by atoms with Gasteiger partial charge in [0.15, 0.2) is 11.5 Å². The fraction of sp³-hybridized carbons (Fsp3) is 0.533. The van der Waals surface area contributed by atoms with Crippen molar-refractivity contribution >= 4 is 16.8 Å². The van der Waals surface area contributed by atoms with Crippen LogP contribution in [0.5, 0.6) is 0 Å². The molecule has 4 nitrogen and oxygen atoms in total. The molecule has 0 bridgehead atoms. The minimum atomic E-state index is 0.605. The fourth-order valence-corrected chi connectivity index (χ4v) is 2.78. The van der Waals surface area contributed by atoms with Gasteiger partial charge < -0.3 is 14.6 Å². The molecule has 1 saturated heterocycles. The largest absolute Gasteiger partial charge is 0.441 e. The molecule has 19 heavy (non-hydrogen) atoms. The summed E-state index contributed by atoms with van der Waals surface area (Å²) < 4.78 is 5.51. The number of nitrogens with zero attached hydrogens (tertiary/aromatic N) is 2. The van der Waals surface area contributed by atoms with Crippen LogP contribution in [0.3, 0.4) is 0 Å². The molecule has 3 rings (SSSR count). The smallest absolute Gasteiger partial charge is 0.192 e. The molecule has 2 aromatic rings. The van der Waals surface area contributed by atoms with E-state index < -0.39 is 0 Å². The molecule has 1 aromatic heterocycles. The molecule has 1 aliphatic heterocycles. The number of nitrogens with one attached hydrogen (secondary N) is 1. The number of rotatable bonds is 3. The van der Waals surface area contributed by atoms with Crippen molar-refractivity contribution in [1.29, 1.82) is 0 Å². The highest BCUT2D eigenvalue weighted by molar-refractivity contribution is 5.77. The van der Waals surface area contributed by atoms with Gasteiger partial charge in [-0.1, -0.05) is 6.42 Å². The van der Waals surface area contributed by atoms with Crippen LogP contribution >= 0.6 is 0 Å². The Balaban J connectivity index is 1.74. The third-order valence-electron chi connectivity index (χ3n) is 3.83. The summed E-state index contributed by atoms with van der Waals surface area (Å²) in [5, 5.41) is 3.59. The molecule has 2 heterocycles. The Bertz CT molecular complexity index is 558. The summed E-state index contributed by atoms with van der Waals surface area (Å²) >= 11 is 0. The van der Waals surface area contributed by atoms with Gasteiger partial charge >= 0.3 is 0 Å². The standard InChI is InChI=1S/C15H21N3O/c1-11-17-14-9-13(6-7-15(14)19-11)18(2)10-12-5-3-4-8-16-12/h6-7,9,12,16H,3-5,8,10H2,1-2H3. The van der Waals surface area contributed by atoms with Crippen LogP contribution in [-0.2, 0) is 0 Å². The Morgan fingerprint density at radius 2 is 2.32 bits per heavy atom. The Kier molecular flexibility index (Phi) is 3.42. The summed E-state index contributed by atoms with van der Waals surface area (Å²) in [6.45, 7) is 4.08. The highest BCUT2D eigenvalue weighted by Gasteiger charge is 2.15. The maximum Gasteiger partial charge on any atom is 0.192 e. The summed E-state index contributed by atoms with van der Waals surface area (Å²) in [5.41, 5.74) is 3.01. The molecule has 0 spiro atoms. The molecule has 102 valence electrons. The lowest BCUT2D eigenvalue weighted by molar-refractivity contribution is 0.403. The van der Waals surface area contributed by atoms with Gasteiger partial charge in [-0.2, -0.15) is 0 Å². The third-order valence-corrected chi connectivity index (χ3v) is 3.83. The molecule has 4 heteroatoms. The van der Waals surface area contributed by atoms with E-state index in [-0.39, 0.29) is 0 Å². The van der Waals surface area contributed by atoms with Crippen molar-refractivity contribution in [2.45, 2.75) is 32.2 Å². The van der Waals surface area contributed by atoms with Crippen molar-refractivity contribution in [2.75, 3.05) is 25.0 Å². The molecular formula is C15H21N3O. The summed E-state index contributed by atoms with van der Waals surface area (Å²) in [5.74, 6) is 0.726. The van der Waals surface area contributed by atoms with Gasteiger partial charge in [-0.25, -0.2) is 4.98 Å². The van der Waals surface area contributed by atoms with Gasteiger partial charge in [0, 0.05) is 32.2 Å². The van der Waals surface area contributed by atoms with Gasteiger partial charge in [-0.3, -0.25) is 0 Å². The molecule has 1 aromatic carbocycles. The van der Waals surface area contributed by atoms with Crippen LogP contribution in [0.25, 0.3) is 11.1 Å². The topological polar surface area (TPSA) is 41.3 Å². The lowest BCUT2D eigenvalue weighted by Crippen LogP contribution is -2.42. The van der Waals surface area contributed by atoms with Gasteiger partial charge in [0.1, 0.15) is 5.52 Å². The van der Waals surface area contributed by atoms with E-state index in [0.717, 1.165) is 30.1 Å². The lowest BCUT2D eigenvalue weighted by Gasteiger charge is -2.29. The van der Waals surface area contributed by atoms with Gasteiger partial charge in [0.05, 0.1) is 0 Å². The SMILES string of the molecule is Cc1nc2cc(N(C)CC3CCCCN3)ccc2o1. The molecule has 1 unspecified atom stereocenters. The number of piperidine rings is 1. The van der Waals surface area contributed by atoms with Gasteiger partial charge in [0.25, 0.3) is 0 Å². The van der Waals surface area contributed by atoms with Crippen LogP contribution < -0.4 is 10.2 Å². The second-order valence-electron chi connectivity index (χ2n) is 5.41. The number of fused-ring (bicyclic) bond motifs is 1. The number of hydrogen-bond acceptors (Lipinski definition) is 4. The van der Waals surface area contributed by atoms with Crippen molar-refractivity contribution in [2.24, 2.45) is 0 Å². The van der Waals surface area contributed by atoms with Crippen molar-refractivity contribution in [3.63, 3.8) is 0 Å². The molecule has 0 radical (unpaired) electrons. The van der Waals surface area contributed by atoms with E-state index in [1.165, 1.54) is 24.9 Å². The average molecular weight is 259 g/mol. The van der Waals surface area contributed by atoms with E-state index in [0.29, 0.717) is 6.04 Å². The van der Waals surface area contributed by atoms with Crippen molar-refractivity contribution < 1.29 is 4.42 Å². The second-order valence-corrected chi connectivity index (χ2v) is 5.41. The normalized spacial score (nSPS) is 19.8. The number of anilines is 1. The maximum atomic E-state index is 5.51. The predicted octanol–water partition coefficient (Wildman–Crippen LogP) is 2.71. The summed E-state index contributed by atoms with van der Waals surface area (Å²) in [6.07, 6.45) is 3.92. The number of oxazole rings is 1. The molecular weight excluding hydrogens is 238 g/mol. The fourth-order valence-electron chi connectivity index (χ4n) is 2.78. The highest BCUT2D eigenvalue weighted by atomic mass is 16.3. The number of aromatic nitrogens is 1. The van der Waals surface area contributed by atoms with Crippen LogP contribution in [0, 0.1) is 6.92 Å². The van der Waals surface area contributed by atoms with E-state index in [1.54, 1.807) is 0 Å². The first-order chi connectivity index (χ1) is 9.22. The number of aryl methyl sites for hydroxylation is 1. The van der Waals surface area contributed by atoms with Crippen LogP contribution in [0.4, 0.5) is 5.69 Å². The molecule has 1 N–H and O–H groups in total. The zero-order valence-corrected chi connectivity index (χ0v) is 11.6. The summed E-state index contributed by atoms with van der Waals surface area (Å²) in [7, 11) is 2.14. The second kappa shape index (κ2) is 5.21. The van der Waals surface area contributed by atoms with E-state index in [2.05, 4.69) is 34.4 Å². The molecule has 0 amide bonds. The number of hydrogen-bond donors (Lipinski definition) is 1. The van der Waals surface area contributed by atoms with Gasteiger partial charge in [0.2, 0.25) is 0 Å². The molecule has 0 saturated carbocycles. The third kappa shape index (κ3) is 2.73. The zero-order chi connectivity index (χ0) is 13.2. The Hall–Kier alpha value is -1.55. The minimum Gasteiger partial charge on any atom is -0.441 e. The monoisotopic (exact) mass is 259 g/mol.